The monoisotopic (exact) mass is 469 g/mol. The number of amides is 1. The normalized spacial score (nSPS) is 21.3. The summed E-state index contributed by atoms with van der Waals surface area (Å²) in [7, 11) is -4.04. The summed E-state index contributed by atoms with van der Waals surface area (Å²) >= 11 is 0. The summed E-state index contributed by atoms with van der Waals surface area (Å²) in [4.78, 5) is 21.6. The highest BCUT2D eigenvalue weighted by Gasteiger charge is 2.32. The van der Waals surface area contributed by atoms with E-state index < -0.39 is 10.0 Å². The predicted octanol–water partition coefficient (Wildman–Crippen LogP) is 2.52. The Hall–Kier alpha value is -3.50. The van der Waals surface area contributed by atoms with Gasteiger partial charge in [0.05, 0.1) is 16.6 Å². The van der Waals surface area contributed by atoms with Gasteiger partial charge in [0.2, 0.25) is 11.8 Å². The quantitative estimate of drug-likeness (QED) is 0.500. The van der Waals surface area contributed by atoms with Crippen molar-refractivity contribution in [3.05, 3.63) is 65.2 Å². The first-order chi connectivity index (χ1) is 15.8. The maximum Gasteiger partial charge on any atom is 0.264 e. The Morgan fingerprint density at radius 1 is 1.03 bits per heavy atom. The molecule has 0 aliphatic carbocycles. The van der Waals surface area contributed by atoms with E-state index in [9.17, 15) is 13.2 Å². The zero-order valence-corrected chi connectivity index (χ0v) is 18.9. The molecule has 1 saturated heterocycles. The lowest BCUT2D eigenvalue weighted by molar-refractivity contribution is 0.0901. The van der Waals surface area contributed by atoms with Crippen molar-refractivity contribution >= 4 is 21.9 Å². The van der Waals surface area contributed by atoms with Gasteiger partial charge in [-0.2, -0.15) is 4.98 Å². The van der Waals surface area contributed by atoms with E-state index in [1.54, 1.807) is 12.1 Å². The molecule has 174 valence electrons. The molecule has 9 nitrogen and oxygen atoms in total. The Morgan fingerprint density at radius 3 is 2.58 bits per heavy atom. The molecule has 4 bridgehead atoms. The maximum atomic E-state index is 13.1. The summed E-state index contributed by atoms with van der Waals surface area (Å²) in [5.74, 6) is -0.251. The van der Waals surface area contributed by atoms with Gasteiger partial charge in [-0.3, -0.25) is 4.79 Å². The molecule has 3 heterocycles. The van der Waals surface area contributed by atoms with Crippen molar-refractivity contribution in [2.24, 2.45) is 0 Å². The number of hydrogen-bond donors (Lipinski definition) is 3. The van der Waals surface area contributed by atoms with Crippen LogP contribution in [0.1, 0.15) is 24.3 Å². The molecule has 2 aliphatic rings. The molecule has 1 amide bonds. The lowest BCUT2D eigenvalue weighted by Gasteiger charge is -2.21. The Bertz CT molecular complexity index is 1350. The highest BCUT2D eigenvalue weighted by molar-refractivity contribution is 7.92. The van der Waals surface area contributed by atoms with Crippen LogP contribution in [0.15, 0.2) is 53.4 Å². The number of anilines is 1. The van der Waals surface area contributed by atoms with Gasteiger partial charge in [0.1, 0.15) is 6.10 Å². The SMILES string of the molecule is Cc1cccc(C)c1-c1cc2nc(n1)NS(=O)(=O)c1cccc(c1)C(=O)N[C@@H]1CNC[C@H]1O2.[HH].[HH]. The number of nitrogens with one attached hydrogen (secondary N) is 3. The fourth-order valence-corrected chi connectivity index (χ4v) is 5.18. The van der Waals surface area contributed by atoms with Crippen LogP contribution in [0, 0.1) is 13.8 Å². The predicted molar refractivity (Wildman–Crippen MR) is 127 cm³/mol. The van der Waals surface area contributed by atoms with Crippen LogP contribution in [0.25, 0.3) is 11.3 Å². The van der Waals surface area contributed by atoms with E-state index in [1.165, 1.54) is 18.2 Å². The highest BCUT2D eigenvalue weighted by Crippen LogP contribution is 2.30. The Labute approximate surface area is 194 Å². The third-order valence-corrected chi connectivity index (χ3v) is 7.15. The summed E-state index contributed by atoms with van der Waals surface area (Å²) in [6.07, 6.45) is -0.386. The maximum absolute atomic E-state index is 13.1. The largest absolute Gasteiger partial charge is 0.471 e. The van der Waals surface area contributed by atoms with Crippen LogP contribution in [0.5, 0.6) is 5.88 Å². The van der Waals surface area contributed by atoms with Crippen LogP contribution in [-0.4, -0.2) is 49.5 Å². The summed E-state index contributed by atoms with van der Waals surface area (Å²) in [5.41, 5.74) is 3.65. The van der Waals surface area contributed by atoms with Crippen molar-refractivity contribution in [2.45, 2.75) is 30.9 Å². The molecule has 3 aromatic rings. The van der Waals surface area contributed by atoms with Crippen LogP contribution in [0.3, 0.4) is 0 Å². The van der Waals surface area contributed by atoms with Crippen molar-refractivity contribution < 1.29 is 20.8 Å². The second-order valence-electron chi connectivity index (χ2n) is 8.21. The van der Waals surface area contributed by atoms with E-state index in [0.717, 1.165) is 16.7 Å². The number of benzene rings is 2. The Morgan fingerprint density at radius 2 is 1.79 bits per heavy atom. The third kappa shape index (κ3) is 4.14. The first kappa shape index (κ1) is 21.4. The van der Waals surface area contributed by atoms with Crippen molar-refractivity contribution in [1.29, 1.82) is 0 Å². The standard InChI is InChI=1S/C23H23N5O4S.2H2/c1-13-5-3-6-14(2)21(13)17-10-20-27-23(26-17)28-33(30,31)16-8-4-7-15(9-16)22(29)25-18-11-24-12-19(18)32-20;;/h3-10,18-19,24H,11-12H2,1-2H3,(H,25,29)(H,26,27,28);2*1H/t18-,19-;;/m1../s1. The van der Waals surface area contributed by atoms with Crippen LogP contribution in [0.4, 0.5) is 5.95 Å². The van der Waals surface area contributed by atoms with E-state index in [0.29, 0.717) is 18.8 Å². The van der Waals surface area contributed by atoms with Gasteiger partial charge in [-0.15, -0.1) is 0 Å². The zero-order valence-electron chi connectivity index (χ0n) is 18.1. The van der Waals surface area contributed by atoms with E-state index in [1.807, 2.05) is 32.0 Å². The van der Waals surface area contributed by atoms with E-state index in [4.69, 9.17) is 4.74 Å². The summed E-state index contributed by atoms with van der Waals surface area (Å²) in [6, 6.07) is 13.1. The van der Waals surface area contributed by atoms with Gasteiger partial charge >= 0.3 is 0 Å². The molecule has 33 heavy (non-hydrogen) atoms. The van der Waals surface area contributed by atoms with Gasteiger partial charge in [-0.25, -0.2) is 18.1 Å². The molecule has 2 atom stereocenters. The second kappa shape index (κ2) is 8.13. The number of carbonyl (C=O) groups excluding carboxylic acids is 1. The average molecular weight is 470 g/mol. The molecular formula is C23H27N5O4S. The molecule has 0 radical (unpaired) electrons. The fourth-order valence-electron chi connectivity index (χ4n) is 4.19. The summed E-state index contributed by atoms with van der Waals surface area (Å²) in [6.45, 7) is 4.97. The number of carbonyl (C=O) groups is 1. The number of aryl methyl sites for hydroxylation is 2. The molecule has 1 fully saturated rings. The van der Waals surface area contributed by atoms with Gasteiger partial charge in [-0.1, -0.05) is 24.3 Å². The summed E-state index contributed by atoms with van der Waals surface area (Å²) in [5, 5.41) is 6.16. The van der Waals surface area contributed by atoms with E-state index in [2.05, 4.69) is 25.3 Å². The van der Waals surface area contributed by atoms with Crippen LogP contribution in [-0.2, 0) is 10.0 Å². The second-order valence-corrected chi connectivity index (χ2v) is 9.89. The molecule has 10 heteroatoms. The zero-order chi connectivity index (χ0) is 23.2. The Kier molecular flexibility index (Phi) is 5.26. The van der Waals surface area contributed by atoms with Gasteiger partial charge in [0.25, 0.3) is 15.9 Å². The smallest absolute Gasteiger partial charge is 0.264 e. The molecular weight excluding hydrogens is 442 g/mol. The molecule has 0 saturated carbocycles. The van der Waals surface area contributed by atoms with E-state index >= 15 is 0 Å². The first-order valence-corrected chi connectivity index (χ1v) is 12.1. The first-order valence-electron chi connectivity index (χ1n) is 10.6. The number of hydrogen-bond acceptors (Lipinski definition) is 7. The molecule has 5 rings (SSSR count). The van der Waals surface area contributed by atoms with Crippen LogP contribution < -0.4 is 20.1 Å². The number of rotatable bonds is 1. The topological polar surface area (TPSA) is 122 Å². The summed E-state index contributed by atoms with van der Waals surface area (Å²) < 4.78 is 34.8. The molecule has 0 spiro atoms. The minimum Gasteiger partial charge on any atom is -0.471 e. The number of sulfonamides is 1. The van der Waals surface area contributed by atoms with Gasteiger partial charge in [-0.05, 0) is 43.2 Å². The van der Waals surface area contributed by atoms with Gasteiger partial charge < -0.3 is 15.4 Å². The molecule has 3 N–H and O–H groups in total. The molecule has 0 unspecified atom stereocenters. The van der Waals surface area contributed by atoms with Crippen LogP contribution >= 0.6 is 0 Å². The minimum absolute atomic E-state index is 0. The minimum atomic E-state index is -4.04. The van der Waals surface area contributed by atoms with Gasteiger partial charge in [0, 0.05) is 33.1 Å². The number of ether oxygens (including phenoxy) is 1. The van der Waals surface area contributed by atoms with Crippen LogP contribution in [0.2, 0.25) is 0 Å². The Balaban J connectivity index is 0.00000171. The molecule has 2 aromatic carbocycles. The van der Waals surface area contributed by atoms with Crippen molar-refractivity contribution in [3.63, 3.8) is 0 Å². The molecule has 2 aliphatic heterocycles. The lowest BCUT2D eigenvalue weighted by Crippen LogP contribution is -2.45. The number of nitrogens with zero attached hydrogens (tertiary/aromatic N) is 2. The third-order valence-electron chi connectivity index (χ3n) is 5.82. The highest BCUT2D eigenvalue weighted by atomic mass is 32.2. The fraction of sp³-hybridized carbons (Fsp3) is 0.261. The number of aromatic nitrogens is 2. The van der Waals surface area contributed by atoms with Crippen molar-refractivity contribution in [3.8, 4) is 17.1 Å². The lowest BCUT2D eigenvalue weighted by atomic mass is 10.00. The van der Waals surface area contributed by atoms with Gasteiger partial charge in [0.15, 0.2) is 0 Å². The van der Waals surface area contributed by atoms with Crippen molar-refractivity contribution in [2.75, 3.05) is 17.8 Å². The van der Waals surface area contributed by atoms with E-state index in [-0.39, 0.29) is 43.2 Å². The number of fused-ring (bicyclic) bond motifs is 5. The average Bonchev–Trinajstić information content (AvgIpc) is 3.19. The van der Waals surface area contributed by atoms with Crippen molar-refractivity contribution in [1.82, 2.24) is 20.6 Å². The molecule has 1 aromatic heterocycles.